The van der Waals surface area contributed by atoms with Crippen molar-refractivity contribution in [1.29, 1.82) is 0 Å². The van der Waals surface area contributed by atoms with Crippen LogP contribution in [0, 0.1) is 0 Å². The number of hydrogen-bond donors (Lipinski definition) is 2. The number of methoxy groups -OCH3 is 2. The largest absolute Gasteiger partial charge is 0.495 e. The lowest BCUT2D eigenvalue weighted by Gasteiger charge is -2.22. The predicted molar refractivity (Wildman–Crippen MR) is 112 cm³/mol. The third kappa shape index (κ3) is 5.06. The van der Waals surface area contributed by atoms with Crippen molar-refractivity contribution in [3.8, 4) is 11.6 Å². The number of benzene rings is 1. The van der Waals surface area contributed by atoms with E-state index in [0.29, 0.717) is 18.5 Å². The van der Waals surface area contributed by atoms with Crippen molar-refractivity contribution in [1.82, 2.24) is 15.6 Å². The average molecular weight is 383 g/mol. The first-order valence-corrected chi connectivity index (χ1v) is 9.65. The van der Waals surface area contributed by atoms with Crippen LogP contribution >= 0.6 is 0 Å². The molecular weight excluding hydrogens is 354 g/mol. The Morgan fingerprint density at radius 1 is 1.21 bits per heavy atom. The molecule has 1 aromatic heterocycles. The molecule has 0 spiro atoms. The van der Waals surface area contributed by atoms with Crippen LogP contribution in [0.25, 0.3) is 0 Å². The first kappa shape index (κ1) is 19.8. The molecule has 2 aromatic rings. The summed E-state index contributed by atoms with van der Waals surface area (Å²) in [6.45, 7) is 5.35. The van der Waals surface area contributed by atoms with Gasteiger partial charge in [-0.25, -0.2) is 9.98 Å². The third-order valence-corrected chi connectivity index (χ3v) is 4.73. The fraction of sp³-hybridized carbons (Fsp3) is 0.429. The van der Waals surface area contributed by atoms with Gasteiger partial charge in [0.25, 0.3) is 0 Å². The number of para-hydroxylation sites is 2. The van der Waals surface area contributed by atoms with E-state index in [4.69, 9.17) is 14.5 Å². The quantitative estimate of drug-likeness (QED) is 0.565. The summed E-state index contributed by atoms with van der Waals surface area (Å²) in [7, 11) is 3.33. The predicted octanol–water partition coefficient (Wildman–Crippen LogP) is 2.43. The normalized spacial score (nSPS) is 16.8. The SMILES string of the molecule is CCNC(=NCc1ccc(OC)nc1)NC1CCN(c2ccccc2OC)C1. The minimum atomic E-state index is 0.330. The molecule has 2 heterocycles. The molecule has 1 aliphatic rings. The number of aliphatic imine (C=N–C) groups is 1. The lowest BCUT2D eigenvalue weighted by Crippen LogP contribution is -2.44. The fourth-order valence-electron chi connectivity index (χ4n) is 3.30. The van der Waals surface area contributed by atoms with Crippen LogP contribution in [0.3, 0.4) is 0 Å². The molecule has 0 aliphatic carbocycles. The third-order valence-electron chi connectivity index (χ3n) is 4.73. The van der Waals surface area contributed by atoms with Gasteiger partial charge < -0.3 is 25.0 Å². The molecule has 7 heteroatoms. The lowest BCUT2D eigenvalue weighted by molar-refractivity contribution is 0.397. The Morgan fingerprint density at radius 3 is 2.79 bits per heavy atom. The summed E-state index contributed by atoms with van der Waals surface area (Å²) in [5, 5.41) is 6.89. The van der Waals surface area contributed by atoms with Crippen molar-refractivity contribution >= 4 is 11.6 Å². The summed E-state index contributed by atoms with van der Waals surface area (Å²) in [6.07, 6.45) is 2.84. The molecule has 1 aliphatic heterocycles. The molecule has 150 valence electrons. The number of ether oxygens (including phenoxy) is 2. The van der Waals surface area contributed by atoms with E-state index in [-0.39, 0.29) is 0 Å². The van der Waals surface area contributed by atoms with Crippen LogP contribution in [-0.4, -0.2) is 50.8 Å². The van der Waals surface area contributed by atoms with Crippen molar-refractivity contribution in [2.24, 2.45) is 4.99 Å². The number of guanidine groups is 1. The summed E-state index contributed by atoms with van der Waals surface area (Å²) in [4.78, 5) is 11.3. The van der Waals surface area contributed by atoms with Crippen LogP contribution in [0.2, 0.25) is 0 Å². The number of nitrogens with one attached hydrogen (secondary N) is 2. The minimum absolute atomic E-state index is 0.330. The molecule has 1 aromatic carbocycles. The number of rotatable bonds is 7. The maximum absolute atomic E-state index is 5.50. The molecule has 2 N–H and O–H groups in total. The van der Waals surface area contributed by atoms with E-state index in [1.54, 1.807) is 20.4 Å². The van der Waals surface area contributed by atoms with Crippen molar-refractivity contribution in [3.05, 3.63) is 48.2 Å². The van der Waals surface area contributed by atoms with Gasteiger partial charge in [0, 0.05) is 37.9 Å². The monoisotopic (exact) mass is 383 g/mol. The molecule has 0 saturated carbocycles. The molecular formula is C21H29N5O2. The van der Waals surface area contributed by atoms with Gasteiger partial charge in [-0.15, -0.1) is 0 Å². The van der Waals surface area contributed by atoms with E-state index in [0.717, 1.165) is 49.0 Å². The molecule has 1 unspecified atom stereocenters. The molecule has 1 atom stereocenters. The fourth-order valence-corrected chi connectivity index (χ4v) is 3.30. The van der Waals surface area contributed by atoms with Crippen molar-refractivity contribution in [2.45, 2.75) is 25.9 Å². The zero-order chi connectivity index (χ0) is 19.8. The zero-order valence-corrected chi connectivity index (χ0v) is 16.8. The number of hydrogen-bond acceptors (Lipinski definition) is 5. The van der Waals surface area contributed by atoms with Crippen LogP contribution in [0.1, 0.15) is 18.9 Å². The topological polar surface area (TPSA) is 71.0 Å². The molecule has 0 amide bonds. The van der Waals surface area contributed by atoms with Crippen molar-refractivity contribution < 1.29 is 9.47 Å². The number of anilines is 1. The second kappa shape index (κ2) is 9.82. The van der Waals surface area contributed by atoms with Crippen LogP contribution in [-0.2, 0) is 6.54 Å². The summed E-state index contributed by atoms with van der Waals surface area (Å²) < 4.78 is 10.6. The number of aromatic nitrogens is 1. The summed E-state index contributed by atoms with van der Waals surface area (Å²) in [5.41, 5.74) is 2.18. The van der Waals surface area contributed by atoms with Gasteiger partial charge in [0.15, 0.2) is 5.96 Å². The molecule has 7 nitrogen and oxygen atoms in total. The summed E-state index contributed by atoms with van der Waals surface area (Å²) in [6, 6.07) is 12.3. The molecule has 28 heavy (non-hydrogen) atoms. The first-order valence-electron chi connectivity index (χ1n) is 9.65. The van der Waals surface area contributed by atoms with Gasteiger partial charge in [-0.2, -0.15) is 0 Å². The van der Waals surface area contributed by atoms with Crippen LogP contribution in [0.4, 0.5) is 5.69 Å². The smallest absolute Gasteiger partial charge is 0.212 e. The Labute approximate surface area is 166 Å². The van der Waals surface area contributed by atoms with Crippen LogP contribution < -0.4 is 25.0 Å². The highest BCUT2D eigenvalue weighted by Gasteiger charge is 2.25. The van der Waals surface area contributed by atoms with Gasteiger partial charge in [0.05, 0.1) is 26.5 Å². The van der Waals surface area contributed by atoms with Crippen molar-refractivity contribution in [3.63, 3.8) is 0 Å². The second-order valence-electron chi connectivity index (χ2n) is 6.65. The Hall–Kier alpha value is -2.96. The van der Waals surface area contributed by atoms with E-state index in [1.807, 2.05) is 30.3 Å². The molecule has 0 radical (unpaired) electrons. The van der Waals surface area contributed by atoms with Gasteiger partial charge in [-0.3, -0.25) is 0 Å². The van der Waals surface area contributed by atoms with Gasteiger partial charge in [-0.1, -0.05) is 18.2 Å². The Kier molecular flexibility index (Phi) is 6.94. The minimum Gasteiger partial charge on any atom is -0.495 e. The van der Waals surface area contributed by atoms with Crippen LogP contribution in [0.15, 0.2) is 47.6 Å². The lowest BCUT2D eigenvalue weighted by atomic mass is 10.2. The van der Waals surface area contributed by atoms with E-state index in [9.17, 15) is 0 Å². The molecule has 1 fully saturated rings. The van der Waals surface area contributed by atoms with Gasteiger partial charge in [0.1, 0.15) is 5.75 Å². The molecule has 1 saturated heterocycles. The summed E-state index contributed by atoms with van der Waals surface area (Å²) in [5.74, 6) is 2.35. The van der Waals surface area contributed by atoms with Crippen molar-refractivity contribution in [2.75, 3.05) is 38.8 Å². The number of nitrogens with zero attached hydrogens (tertiary/aromatic N) is 3. The number of pyridine rings is 1. The molecule has 3 rings (SSSR count). The Morgan fingerprint density at radius 2 is 2.07 bits per heavy atom. The highest BCUT2D eigenvalue weighted by atomic mass is 16.5. The first-order chi connectivity index (χ1) is 13.7. The van der Waals surface area contributed by atoms with E-state index in [2.05, 4.69) is 33.5 Å². The van der Waals surface area contributed by atoms with Gasteiger partial charge in [0.2, 0.25) is 5.88 Å². The Balaban J connectivity index is 1.61. The van der Waals surface area contributed by atoms with Crippen LogP contribution in [0.5, 0.6) is 11.6 Å². The Bertz CT molecular complexity index is 779. The van der Waals surface area contributed by atoms with Gasteiger partial charge >= 0.3 is 0 Å². The summed E-state index contributed by atoms with van der Waals surface area (Å²) >= 11 is 0. The van der Waals surface area contributed by atoms with E-state index < -0.39 is 0 Å². The maximum atomic E-state index is 5.50. The van der Waals surface area contributed by atoms with E-state index in [1.165, 1.54) is 0 Å². The molecule has 0 bridgehead atoms. The zero-order valence-electron chi connectivity index (χ0n) is 16.8. The van der Waals surface area contributed by atoms with Gasteiger partial charge in [-0.05, 0) is 31.0 Å². The highest BCUT2D eigenvalue weighted by Crippen LogP contribution is 2.30. The van der Waals surface area contributed by atoms with E-state index >= 15 is 0 Å². The maximum Gasteiger partial charge on any atom is 0.212 e. The highest BCUT2D eigenvalue weighted by molar-refractivity contribution is 5.80. The standard InChI is InChI=1S/C21H29N5O2/c1-4-22-21(24-14-16-9-10-20(28-3)23-13-16)25-17-11-12-26(15-17)18-7-5-6-8-19(18)27-2/h5-10,13,17H,4,11-12,14-15H2,1-3H3,(H2,22,24,25). The second-order valence-corrected chi connectivity index (χ2v) is 6.65. The average Bonchev–Trinajstić information content (AvgIpc) is 3.21.